The monoisotopic (exact) mass is 458 g/mol. The second-order valence-electron chi connectivity index (χ2n) is 6.50. The number of hydrogen-bond donors (Lipinski definition) is 2. The summed E-state index contributed by atoms with van der Waals surface area (Å²) >= 11 is 17.7. The Balaban J connectivity index is 1.52. The maximum atomic E-state index is 11.3. The Morgan fingerprint density at radius 2 is 1.71 bits per heavy atom. The van der Waals surface area contributed by atoms with Crippen molar-refractivity contribution in [2.45, 2.75) is 11.4 Å². The zero-order valence-electron chi connectivity index (χ0n) is 14.9. The van der Waals surface area contributed by atoms with E-state index in [0.29, 0.717) is 20.8 Å². The van der Waals surface area contributed by atoms with Gasteiger partial charge in [-0.15, -0.1) is 0 Å². The van der Waals surface area contributed by atoms with Gasteiger partial charge in [-0.05, 0) is 54.2 Å². The molecule has 1 fully saturated rings. The molecule has 1 aliphatic heterocycles. The van der Waals surface area contributed by atoms with Crippen LogP contribution >= 0.6 is 35.4 Å². The number of nitrogens with two attached hydrogens (primary N) is 1. The Morgan fingerprint density at radius 1 is 1.07 bits per heavy atom. The maximum Gasteiger partial charge on any atom is 0.238 e. The molecule has 150 valence electrons. The summed E-state index contributed by atoms with van der Waals surface area (Å²) in [5.74, 6) is 0. The van der Waals surface area contributed by atoms with Gasteiger partial charge in [0.15, 0.2) is 5.11 Å². The van der Waals surface area contributed by atoms with E-state index in [4.69, 9.17) is 40.6 Å². The van der Waals surface area contributed by atoms with Gasteiger partial charge in [-0.2, -0.15) is 0 Å². The number of piperazine rings is 1. The van der Waals surface area contributed by atoms with Gasteiger partial charge in [-0.1, -0.05) is 29.3 Å². The van der Waals surface area contributed by atoms with E-state index in [9.17, 15) is 8.42 Å². The Kier molecular flexibility index (Phi) is 6.80. The van der Waals surface area contributed by atoms with Crippen molar-refractivity contribution in [2.75, 3.05) is 31.5 Å². The normalized spacial score (nSPS) is 15.5. The van der Waals surface area contributed by atoms with E-state index in [-0.39, 0.29) is 4.90 Å². The topological polar surface area (TPSA) is 78.7 Å². The van der Waals surface area contributed by atoms with Gasteiger partial charge in [-0.25, -0.2) is 13.6 Å². The van der Waals surface area contributed by atoms with Crippen LogP contribution in [0, 0.1) is 0 Å². The molecule has 1 aliphatic rings. The van der Waals surface area contributed by atoms with Crippen LogP contribution in [-0.2, 0) is 16.6 Å². The quantitative estimate of drug-likeness (QED) is 0.684. The molecule has 0 bridgehead atoms. The number of anilines is 1. The predicted molar refractivity (Wildman–Crippen MR) is 117 cm³/mol. The molecule has 3 N–H and O–H groups in total. The number of benzene rings is 2. The summed E-state index contributed by atoms with van der Waals surface area (Å²) in [6.45, 7) is 4.04. The second-order valence-corrected chi connectivity index (χ2v) is 9.29. The Bertz CT molecular complexity index is 960. The van der Waals surface area contributed by atoms with Gasteiger partial charge in [0.05, 0.1) is 4.90 Å². The number of primary sulfonamides is 1. The molecule has 0 aromatic heterocycles. The smallest absolute Gasteiger partial charge is 0.238 e. The molecular weight excluding hydrogens is 439 g/mol. The molecule has 28 heavy (non-hydrogen) atoms. The first-order chi connectivity index (χ1) is 13.2. The zero-order valence-corrected chi connectivity index (χ0v) is 18.1. The fourth-order valence-corrected chi connectivity index (χ4v) is 4.21. The summed E-state index contributed by atoms with van der Waals surface area (Å²) in [6, 6.07) is 11.8. The van der Waals surface area contributed by atoms with E-state index < -0.39 is 10.0 Å². The highest BCUT2D eigenvalue weighted by Crippen LogP contribution is 2.23. The molecule has 6 nitrogen and oxygen atoms in total. The minimum Gasteiger partial charge on any atom is -0.346 e. The lowest BCUT2D eigenvalue weighted by molar-refractivity contribution is 0.177. The van der Waals surface area contributed by atoms with Crippen LogP contribution in [0.15, 0.2) is 47.4 Å². The number of rotatable bonds is 4. The number of sulfonamides is 1. The minimum atomic E-state index is -3.70. The predicted octanol–water partition coefficient (Wildman–Crippen LogP) is 3.16. The molecule has 10 heteroatoms. The van der Waals surface area contributed by atoms with Crippen LogP contribution < -0.4 is 10.5 Å². The average Bonchev–Trinajstić information content (AvgIpc) is 2.64. The molecule has 0 radical (unpaired) electrons. The van der Waals surface area contributed by atoms with E-state index in [0.717, 1.165) is 38.3 Å². The van der Waals surface area contributed by atoms with E-state index in [1.165, 1.54) is 12.1 Å². The lowest BCUT2D eigenvalue weighted by Gasteiger charge is -2.36. The minimum absolute atomic E-state index is 0.0680. The summed E-state index contributed by atoms with van der Waals surface area (Å²) in [6.07, 6.45) is 0. The van der Waals surface area contributed by atoms with Crippen molar-refractivity contribution in [3.8, 4) is 0 Å². The van der Waals surface area contributed by atoms with E-state index in [2.05, 4.69) is 15.1 Å². The number of halogens is 2. The van der Waals surface area contributed by atoms with Crippen LogP contribution in [0.5, 0.6) is 0 Å². The summed E-state index contributed by atoms with van der Waals surface area (Å²) in [7, 11) is -3.70. The van der Waals surface area contributed by atoms with Crippen LogP contribution in [0.2, 0.25) is 10.0 Å². The standard InChI is InChI=1S/C18H20Cl2N4O2S2/c19-14-2-1-13(17(20)11-14)12-23-7-9-24(10-8-23)18(27)22-15-3-5-16(6-4-15)28(21,25)26/h1-6,11H,7-10,12H2,(H,22,27)(H2,21,25,26). The van der Waals surface area contributed by atoms with Gasteiger partial charge in [0, 0.05) is 48.5 Å². The number of thiocarbonyl (C=S) groups is 1. The highest BCUT2D eigenvalue weighted by atomic mass is 35.5. The molecule has 0 spiro atoms. The van der Waals surface area contributed by atoms with Gasteiger partial charge in [-0.3, -0.25) is 4.90 Å². The summed E-state index contributed by atoms with van der Waals surface area (Å²) in [5, 5.41) is 10.2. The Labute approximate surface area is 180 Å². The average molecular weight is 459 g/mol. The lowest BCUT2D eigenvalue weighted by Crippen LogP contribution is -2.49. The van der Waals surface area contributed by atoms with Crippen LogP contribution in [0.3, 0.4) is 0 Å². The third-order valence-electron chi connectivity index (χ3n) is 4.50. The summed E-state index contributed by atoms with van der Waals surface area (Å²) in [5.41, 5.74) is 1.77. The van der Waals surface area contributed by atoms with E-state index in [1.807, 2.05) is 12.1 Å². The first-order valence-corrected chi connectivity index (χ1v) is 11.3. The molecule has 1 saturated heterocycles. The van der Waals surface area contributed by atoms with Gasteiger partial charge >= 0.3 is 0 Å². The molecule has 1 heterocycles. The molecule has 0 atom stereocenters. The van der Waals surface area contributed by atoms with Crippen LogP contribution in [-0.4, -0.2) is 49.5 Å². The molecular formula is C18H20Cl2N4O2S2. The highest BCUT2D eigenvalue weighted by molar-refractivity contribution is 7.89. The van der Waals surface area contributed by atoms with Crippen LogP contribution in [0.25, 0.3) is 0 Å². The van der Waals surface area contributed by atoms with Crippen molar-refractivity contribution >= 4 is 56.2 Å². The number of nitrogens with one attached hydrogen (secondary N) is 1. The van der Waals surface area contributed by atoms with Crippen molar-refractivity contribution in [1.82, 2.24) is 9.80 Å². The van der Waals surface area contributed by atoms with Crippen molar-refractivity contribution in [3.05, 3.63) is 58.1 Å². The maximum absolute atomic E-state index is 11.3. The van der Waals surface area contributed by atoms with Gasteiger partial charge in [0.2, 0.25) is 10.0 Å². The summed E-state index contributed by atoms with van der Waals surface area (Å²) in [4.78, 5) is 4.47. The molecule has 0 aliphatic carbocycles. The van der Waals surface area contributed by atoms with Crippen molar-refractivity contribution < 1.29 is 8.42 Å². The second kappa shape index (κ2) is 8.94. The SMILES string of the molecule is NS(=O)(=O)c1ccc(NC(=S)N2CCN(Cc3ccc(Cl)cc3Cl)CC2)cc1. The lowest BCUT2D eigenvalue weighted by atomic mass is 10.2. The van der Waals surface area contributed by atoms with Gasteiger partial charge < -0.3 is 10.2 Å². The van der Waals surface area contributed by atoms with E-state index in [1.54, 1.807) is 18.2 Å². The molecule has 0 unspecified atom stereocenters. The van der Waals surface area contributed by atoms with Gasteiger partial charge in [0.25, 0.3) is 0 Å². The first kappa shape index (κ1) is 21.3. The third kappa shape index (κ3) is 5.56. The van der Waals surface area contributed by atoms with Crippen molar-refractivity contribution in [3.63, 3.8) is 0 Å². The first-order valence-electron chi connectivity index (χ1n) is 8.57. The Morgan fingerprint density at radius 3 is 2.29 bits per heavy atom. The third-order valence-corrected chi connectivity index (χ3v) is 6.38. The van der Waals surface area contributed by atoms with Gasteiger partial charge in [0.1, 0.15) is 0 Å². The largest absolute Gasteiger partial charge is 0.346 e. The molecule has 2 aromatic carbocycles. The fraction of sp³-hybridized carbons (Fsp3) is 0.278. The highest BCUT2D eigenvalue weighted by Gasteiger charge is 2.20. The molecule has 0 amide bonds. The van der Waals surface area contributed by atoms with Crippen LogP contribution in [0.4, 0.5) is 5.69 Å². The fourth-order valence-electron chi connectivity index (χ4n) is 2.93. The van der Waals surface area contributed by atoms with Crippen molar-refractivity contribution in [1.29, 1.82) is 0 Å². The summed E-state index contributed by atoms with van der Waals surface area (Å²) < 4.78 is 22.6. The molecule has 2 aromatic rings. The van der Waals surface area contributed by atoms with Crippen LogP contribution in [0.1, 0.15) is 5.56 Å². The van der Waals surface area contributed by atoms with E-state index >= 15 is 0 Å². The number of nitrogens with zero attached hydrogens (tertiary/aromatic N) is 2. The van der Waals surface area contributed by atoms with Crippen molar-refractivity contribution in [2.24, 2.45) is 5.14 Å². The molecule has 3 rings (SSSR count). The zero-order chi connectivity index (χ0) is 20.3. The Hall–Kier alpha value is -1.42. The molecule has 0 saturated carbocycles. The number of hydrogen-bond acceptors (Lipinski definition) is 4.